The molecule has 32 heavy (non-hydrogen) atoms. The number of nitrogens with zero attached hydrogens (tertiary/aromatic N) is 4. The predicted molar refractivity (Wildman–Crippen MR) is 123 cm³/mol. The van der Waals surface area contributed by atoms with E-state index in [4.69, 9.17) is 0 Å². The van der Waals surface area contributed by atoms with Crippen molar-refractivity contribution >= 4 is 34.7 Å². The summed E-state index contributed by atoms with van der Waals surface area (Å²) in [7, 11) is 0. The second-order valence-corrected chi connectivity index (χ2v) is 9.96. The van der Waals surface area contributed by atoms with Crippen molar-refractivity contribution in [3.8, 4) is 0 Å². The van der Waals surface area contributed by atoms with E-state index in [1.54, 1.807) is 12.3 Å². The number of hydrogen-bond donors (Lipinski definition) is 0. The summed E-state index contributed by atoms with van der Waals surface area (Å²) in [4.78, 5) is 49.3. The highest BCUT2D eigenvalue weighted by molar-refractivity contribution is 7.09. The summed E-state index contributed by atoms with van der Waals surface area (Å²) in [5, 5.41) is 2.58. The van der Waals surface area contributed by atoms with E-state index in [-0.39, 0.29) is 30.2 Å². The van der Waals surface area contributed by atoms with Crippen LogP contribution in [0.4, 0.5) is 5.69 Å². The van der Waals surface area contributed by atoms with Crippen molar-refractivity contribution in [1.29, 1.82) is 0 Å². The van der Waals surface area contributed by atoms with Gasteiger partial charge in [0, 0.05) is 37.3 Å². The van der Waals surface area contributed by atoms with Crippen molar-refractivity contribution < 1.29 is 14.4 Å². The highest BCUT2D eigenvalue weighted by Crippen LogP contribution is 2.35. The van der Waals surface area contributed by atoms with Crippen molar-refractivity contribution in [2.24, 2.45) is 5.92 Å². The molecule has 2 fully saturated rings. The van der Waals surface area contributed by atoms with E-state index in [9.17, 15) is 14.4 Å². The van der Waals surface area contributed by atoms with Crippen LogP contribution in [0.5, 0.6) is 0 Å². The second-order valence-electron chi connectivity index (χ2n) is 8.98. The number of fused-ring (bicyclic) bond motifs is 1. The van der Waals surface area contributed by atoms with Crippen LogP contribution in [0.1, 0.15) is 64.8 Å². The molecule has 0 radical (unpaired) electrons. The van der Waals surface area contributed by atoms with Crippen molar-refractivity contribution in [3.05, 3.63) is 45.9 Å². The van der Waals surface area contributed by atoms with Crippen molar-refractivity contribution in [2.75, 3.05) is 24.5 Å². The van der Waals surface area contributed by atoms with Gasteiger partial charge in [-0.15, -0.1) is 11.3 Å². The number of amides is 3. The Bertz CT molecular complexity index is 1040. The number of anilines is 1. The zero-order valence-corrected chi connectivity index (χ0v) is 19.1. The van der Waals surface area contributed by atoms with Gasteiger partial charge in [-0.2, -0.15) is 0 Å². The molecular formula is C24H28N4O3S. The molecule has 5 rings (SSSR count). The first-order chi connectivity index (χ1) is 15.5. The molecule has 0 aliphatic carbocycles. The van der Waals surface area contributed by atoms with Gasteiger partial charge in [0.15, 0.2) is 0 Å². The first-order valence-corrected chi connectivity index (χ1v) is 12.4. The fraction of sp³-hybridized carbons (Fsp3) is 0.500. The molecule has 3 aliphatic rings. The zero-order valence-electron chi connectivity index (χ0n) is 18.3. The quantitative estimate of drug-likeness (QED) is 0.664. The van der Waals surface area contributed by atoms with Gasteiger partial charge in [0.25, 0.3) is 11.8 Å². The summed E-state index contributed by atoms with van der Waals surface area (Å²) in [6.45, 7) is 4.55. The predicted octanol–water partition coefficient (Wildman–Crippen LogP) is 3.56. The molecule has 0 saturated carbocycles. The van der Waals surface area contributed by atoms with Gasteiger partial charge in [-0.05, 0) is 51.2 Å². The van der Waals surface area contributed by atoms with Crippen molar-refractivity contribution in [2.45, 2.75) is 51.6 Å². The summed E-state index contributed by atoms with van der Waals surface area (Å²) in [5.74, 6) is -0.371. The number of carbonyl (C=O) groups is 3. The number of benzene rings is 1. The third-order valence-corrected chi connectivity index (χ3v) is 7.72. The van der Waals surface area contributed by atoms with Gasteiger partial charge in [0.2, 0.25) is 5.91 Å². The summed E-state index contributed by atoms with van der Waals surface area (Å²) in [6, 6.07) is 5.77. The Morgan fingerprint density at radius 2 is 2.00 bits per heavy atom. The molecule has 8 heteroatoms. The van der Waals surface area contributed by atoms with E-state index in [1.165, 1.54) is 22.7 Å². The van der Waals surface area contributed by atoms with Crippen LogP contribution in [0.15, 0.2) is 29.8 Å². The standard InChI is InChI=1S/C24H28N4O3S/c1-16-6-2-3-12-27(16)22(29)17-7-5-11-26(14-17)19-9-4-8-18-21(19)24(31)28(23(18)30)15-20-25-10-13-32-20/h4,8-10,13,16-17H,2-3,5-7,11-12,14-15H2,1H3/t16-,17+/m0/s1. The molecule has 4 heterocycles. The number of piperidine rings is 2. The van der Waals surface area contributed by atoms with Crippen LogP contribution in [0.2, 0.25) is 0 Å². The highest BCUT2D eigenvalue weighted by atomic mass is 32.1. The van der Waals surface area contributed by atoms with Crippen LogP contribution in [0, 0.1) is 5.92 Å². The maximum absolute atomic E-state index is 13.3. The van der Waals surface area contributed by atoms with Crippen LogP contribution < -0.4 is 4.90 Å². The lowest BCUT2D eigenvalue weighted by molar-refractivity contribution is -0.139. The van der Waals surface area contributed by atoms with Gasteiger partial charge >= 0.3 is 0 Å². The lowest BCUT2D eigenvalue weighted by atomic mass is 9.93. The number of thiazole rings is 1. The SMILES string of the molecule is C[C@H]1CCCCN1C(=O)[C@@H]1CCCN(c2cccc3c2C(=O)N(Cc2nccs2)C3=O)C1. The molecule has 0 N–H and O–H groups in total. The van der Waals surface area contributed by atoms with Gasteiger partial charge < -0.3 is 9.80 Å². The van der Waals surface area contributed by atoms with Gasteiger partial charge in [0.1, 0.15) is 5.01 Å². The van der Waals surface area contributed by atoms with E-state index >= 15 is 0 Å². The Labute approximate surface area is 192 Å². The molecule has 3 amide bonds. The van der Waals surface area contributed by atoms with Crippen LogP contribution in [-0.2, 0) is 11.3 Å². The minimum atomic E-state index is -0.270. The monoisotopic (exact) mass is 452 g/mol. The number of imide groups is 1. The molecule has 1 aromatic carbocycles. The number of rotatable bonds is 4. The number of hydrogen-bond acceptors (Lipinski definition) is 6. The van der Waals surface area contributed by atoms with E-state index in [0.717, 1.165) is 49.5 Å². The Morgan fingerprint density at radius 1 is 1.12 bits per heavy atom. The van der Waals surface area contributed by atoms with E-state index in [1.807, 2.05) is 17.5 Å². The third-order valence-electron chi connectivity index (χ3n) is 6.95. The zero-order chi connectivity index (χ0) is 22.2. The van der Waals surface area contributed by atoms with Crippen molar-refractivity contribution in [3.63, 3.8) is 0 Å². The van der Waals surface area contributed by atoms with Gasteiger partial charge in [-0.25, -0.2) is 4.98 Å². The van der Waals surface area contributed by atoms with E-state index < -0.39 is 0 Å². The summed E-state index contributed by atoms with van der Waals surface area (Å²) in [6.07, 6.45) is 6.78. The first-order valence-electron chi connectivity index (χ1n) is 11.5. The van der Waals surface area contributed by atoms with Crippen LogP contribution in [0.25, 0.3) is 0 Å². The first kappa shape index (κ1) is 21.1. The van der Waals surface area contributed by atoms with E-state index in [2.05, 4.69) is 21.7 Å². The number of carbonyl (C=O) groups excluding carboxylic acids is 3. The Kier molecular flexibility index (Phi) is 5.71. The maximum Gasteiger partial charge on any atom is 0.264 e. The molecule has 0 spiro atoms. The molecule has 2 saturated heterocycles. The Hall–Kier alpha value is -2.74. The third kappa shape index (κ3) is 3.70. The Balaban J connectivity index is 1.38. The number of aromatic nitrogens is 1. The van der Waals surface area contributed by atoms with Crippen LogP contribution in [-0.4, -0.2) is 58.2 Å². The van der Waals surface area contributed by atoms with Gasteiger partial charge in [-0.1, -0.05) is 6.07 Å². The van der Waals surface area contributed by atoms with Crippen LogP contribution in [0.3, 0.4) is 0 Å². The van der Waals surface area contributed by atoms with Gasteiger partial charge in [0.05, 0.1) is 29.3 Å². The maximum atomic E-state index is 13.3. The summed E-state index contributed by atoms with van der Waals surface area (Å²) in [5.41, 5.74) is 1.68. The molecule has 7 nitrogen and oxygen atoms in total. The summed E-state index contributed by atoms with van der Waals surface area (Å²) < 4.78 is 0. The Morgan fingerprint density at radius 3 is 2.78 bits per heavy atom. The highest BCUT2D eigenvalue weighted by Gasteiger charge is 2.40. The lowest BCUT2D eigenvalue weighted by Gasteiger charge is -2.40. The average Bonchev–Trinajstić information content (AvgIpc) is 3.42. The second kappa shape index (κ2) is 8.65. The number of likely N-dealkylation sites (tertiary alicyclic amines) is 1. The molecule has 2 aromatic rings. The minimum absolute atomic E-state index is 0.0706. The molecule has 1 aromatic heterocycles. The van der Waals surface area contributed by atoms with Crippen LogP contribution >= 0.6 is 11.3 Å². The van der Waals surface area contributed by atoms with Gasteiger partial charge in [-0.3, -0.25) is 19.3 Å². The smallest absolute Gasteiger partial charge is 0.264 e. The average molecular weight is 453 g/mol. The van der Waals surface area contributed by atoms with Crippen molar-refractivity contribution in [1.82, 2.24) is 14.8 Å². The normalized spacial score (nSPS) is 23.6. The molecular weight excluding hydrogens is 424 g/mol. The molecule has 168 valence electrons. The fourth-order valence-corrected chi connectivity index (χ4v) is 5.85. The minimum Gasteiger partial charge on any atom is -0.370 e. The molecule has 3 aliphatic heterocycles. The topological polar surface area (TPSA) is 73.8 Å². The largest absolute Gasteiger partial charge is 0.370 e. The lowest BCUT2D eigenvalue weighted by Crippen LogP contribution is -2.49. The molecule has 0 unspecified atom stereocenters. The summed E-state index contributed by atoms with van der Waals surface area (Å²) >= 11 is 1.43. The molecule has 0 bridgehead atoms. The molecule has 2 atom stereocenters. The van der Waals surface area contributed by atoms with E-state index in [0.29, 0.717) is 23.7 Å². The fourth-order valence-electron chi connectivity index (χ4n) is 5.25.